The lowest BCUT2D eigenvalue weighted by Gasteiger charge is -1.99. The van der Waals surface area contributed by atoms with Gasteiger partial charge in [0.05, 0.1) is 20.6 Å². The summed E-state index contributed by atoms with van der Waals surface area (Å²) < 4.78 is 5.62. The average Bonchev–Trinajstić information content (AvgIpc) is 2.92. The molecular formula is C14H7Cl3N2O. The summed E-state index contributed by atoms with van der Waals surface area (Å²) in [7, 11) is 0. The van der Waals surface area contributed by atoms with E-state index in [1.165, 1.54) is 0 Å². The highest BCUT2D eigenvalue weighted by molar-refractivity contribution is 6.42. The summed E-state index contributed by atoms with van der Waals surface area (Å²) >= 11 is 17.9. The number of rotatable bonds is 2. The van der Waals surface area contributed by atoms with Gasteiger partial charge in [-0.3, -0.25) is 0 Å². The molecule has 2 aromatic carbocycles. The summed E-state index contributed by atoms with van der Waals surface area (Å²) in [6.07, 6.45) is 0. The van der Waals surface area contributed by atoms with E-state index >= 15 is 0 Å². The van der Waals surface area contributed by atoms with Gasteiger partial charge in [-0.2, -0.15) is 0 Å². The molecular weight excluding hydrogens is 319 g/mol. The van der Waals surface area contributed by atoms with Crippen LogP contribution in [0.5, 0.6) is 0 Å². The minimum absolute atomic E-state index is 0.358. The molecule has 0 saturated carbocycles. The first-order valence-corrected chi connectivity index (χ1v) is 6.82. The highest BCUT2D eigenvalue weighted by Gasteiger charge is 2.13. The molecule has 0 bridgehead atoms. The second-order valence-electron chi connectivity index (χ2n) is 4.02. The summed E-state index contributed by atoms with van der Waals surface area (Å²) in [6.45, 7) is 0. The third-order valence-corrected chi connectivity index (χ3v) is 3.76. The van der Waals surface area contributed by atoms with Gasteiger partial charge in [-0.05, 0) is 30.3 Å². The van der Waals surface area contributed by atoms with Gasteiger partial charge in [-0.25, -0.2) is 0 Å². The van der Waals surface area contributed by atoms with Gasteiger partial charge in [0.15, 0.2) is 0 Å². The Bertz CT molecular complexity index is 771. The maximum atomic E-state index is 6.09. The van der Waals surface area contributed by atoms with Crippen molar-refractivity contribution in [3.63, 3.8) is 0 Å². The molecule has 0 saturated heterocycles. The van der Waals surface area contributed by atoms with Crippen molar-refractivity contribution in [3.05, 3.63) is 57.5 Å². The van der Waals surface area contributed by atoms with E-state index < -0.39 is 0 Å². The van der Waals surface area contributed by atoms with E-state index in [4.69, 9.17) is 39.2 Å². The summed E-state index contributed by atoms with van der Waals surface area (Å²) in [5.41, 5.74) is 1.39. The van der Waals surface area contributed by atoms with E-state index in [0.717, 1.165) is 0 Å². The molecule has 0 aliphatic heterocycles. The van der Waals surface area contributed by atoms with E-state index in [1.807, 2.05) is 18.2 Å². The smallest absolute Gasteiger partial charge is 0.249 e. The van der Waals surface area contributed by atoms with E-state index in [-0.39, 0.29) is 0 Å². The fourth-order valence-corrected chi connectivity index (χ4v) is 2.23. The van der Waals surface area contributed by atoms with Crippen LogP contribution >= 0.6 is 34.8 Å². The Kier molecular flexibility index (Phi) is 3.66. The van der Waals surface area contributed by atoms with Gasteiger partial charge >= 0.3 is 0 Å². The normalized spacial score (nSPS) is 10.8. The quantitative estimate of drug-likeness (QED) is 0.636. The molecule has 0 fully saturated rings. The SMILES string of the molecule is Clc1ccc(-c2nnc(-c3ccccc3Cl)o2)cc1Cl. The fourth-order valence-electron chi connectivity index (χ4n) is 1.71. The summed E-state index contributed by atoms with van der Waals surface area (Å²) in [4.78, 5) is 0. The molecule has 3 aromatic rings. The van der Waals surface area contributed by atoms with Gasteiger partial charge in [0.25, 0.3) is 0 Å². The molecule has 0 N–H and O–H groups in total. The van der Waals surface area contributed by atoms with Crippen LogP contribution in [0.4, 0.5) is 0 Å². The molecule has 0 aliphatic carbocycles. The standard InChI is InChI=1S/C14H7Cl3N2O/c15-10-4-2-1-3-9(10)14-19-18-13(20-14)8-5-6-11(16)12(17)7-8/h1-7H. The lowest BCUT2D eigenvalue weighted by molar-refractivity contribution is 0.584. The third kappa shape index (κ3) is 2.52. The Morgan fingerprint density at radius 1 is 0.750 bits per heavy atom. The van der Waals surface area contributed by atoms with Gasteiger partial charge in [-0.1, -0.05) is 46.9 Å². The maximum Gasteiger partial charge on any atom is 0.249 e. The van der Waals surface area contributed by atoms with E-state index in [1.54, 1.807) is 24.3 Å². The maximum absolute atomic E-state index is 6.09. The molecule has 0 atom stereocenters. The lowest BCUT2D eigenvalue weighted by atomic mass is 10.2. The Balaban J connectivity index is 2.02. The van der Waals surface area contributed by atoms with Crippen molar-refractivity contribution in [2.75, 3.05) is 0 Å². The lowest BCUT2D eigenvalue weighted by Crippen LogP contribution is -1.78. The van der Waals surface area contributed by atoms with Crippen molar-refractivity contribution in [3.8, 4) is 22.9 Å². The monoisotopic (exact) mass is 324 g/mol. The largest absolute Gasteiger partial charge is 0.416 e. The van der Waals surface area contributed by atoms with Gasteiger partial charge in [0.2, 0.25) is 11.8 Å². The predicted molar refractivity (Wildman–Crippen MR) is 80.2 cm³/mol. The molecule has 0 radical (unpaired) electrons. The topological polar surface area (TPSA) is 38.9 Å². The highest BCUT2D eigenvalue weighted by atomic mass is 35.5. The zero-order valence-corrected chi connectivity index (χ0v) is 12.2. The highest BCUT2D eigenvalue weighted by Crippen LogP contribution is 2.31. The molecule has 6 heteroatoms. The summed E-state index contributed by atoms with van der Waals surface area (Å²) in [6, 6.07) is 12.4. The van der Waals surface area contributed by atoms with E-state index in [2.05, 4.69) is 10.2 Å². The number of benzene rings is 2. The minimum Gasteiger partial charge on any atom is -0.416 e. The van der Waals surface area contributed by atoms with Gasteiger partial charge < -0.3 is 4.42 Å². The summed E-state index contributed by atoms with van der Waals surface area (Å²) in [5.74, 6) is 0.718. The van der Waals surface area contributed by atoms with Crippen LogP contribution in [0.25, 0.3) is 22.9 Å². The molecule has 0 spiro atoms. The Labute approximate surface area is 130 Å². The number of aromatic nitrogens is 2. The van der Waals surface area contributed by atoms with E-state index in [0.29, 0.717) is 38.0 Å². The van der Waals surface area contributed by atoms with Crippen LogP contribution in [0.15, 0.2) is 46.9 Å². The molecule has 1 heterocycles. The first-order chi connectivity index (χ1) is 9.65. The van der Waals surface area contributed by atoms with Crippen molar-refractivity contribution in [1.82, 2.24) is 10.2 Å². The Morgan fingerprint density at radius 2 is 1.50 bits per heavy atom. The van der Waals surface area contributed by atoms with Crippen LogP contribution in [0, 0.1) is 0 Å². The molecule has 0 amide bonds. The van der Waals surface area contributed by atoms with Crippen LogP contribution in [0.2, 0.25) is 15.1 Å². The Hall–Kier alpha value is -1.55. The van der Waals surface area contributed by atoms with Gasteiger partial charge in [0.1, 0.15) is 0 Å². The number of hydrogen-bond donors (Lipinski definition) is 0. The van der Waals surface area contributed by atoms with E-state index in [9.17, 15) is 0 Å². The van der Waals surface area contributed by atoms with Crippen molar-refractivity contribution in [2.24, 2.45) is 0 Å². The molecule has 1 aromatic heterocycles. The van der Waals surface area contributed by atoms with Crippen LogP contribution < -0.4 is 0 Å². The van der Waals surface area contributed by atoms with Crippen LogP contribution in [-0.4, -0.2) is 10.2 Å². The second-order valence-corrected chi connectivity index (χ2v) is 5.24. The third-order valence-electron chi connectivity index (χ3n) is 2.70. The first-order valence-electron chi connectivity index (χ1n) is 5.69. The zero-order chi connectivity index (χ0) is 14.1. The van der Waals surface area contributed by atoms with Crippen molar-refractivity contribution >= 4 is 34.8 Å². The molecule has 100 valence electrons. The molecule has 0 aliphatic rings. The fraction of sp³-hybridized carbons (Fsp3) is 0. The molecule has 3 nitrogen and oxygen atoms in total. The second kappa shape index (κ2) is 5.44. The molecule has 20 heavy (non-hydrogen) atoms. The average molecular weight is 326 g/mol. The number of nitrogens with zero attached hydrogens (tertiary/aromatic N) is 2. The van der Waals surface area contributed by atoms with Gasteiger partial charge in [0, 0.05) is 5.56 Å². The van der Waals surface area contributed by atoms with Crippen molar-refractivity contribution in [2.45, 2.75) is 0 Å². The predicted octanol–water partition coefficient (Wildman–Crippen LogP) is 5.36. The van der Waals surface area contributed by atoms with Gasteiger partial charge in [-0.15, -0.1) is 10.2 Å². The van der Waals surface area contributed by atoms with Crippen LogP contribution in [-0.2, 0) is 0 Å². The minimum atomic E-state index is 0.358. The summed E-state index contributed by atoms with van der Waals surface area (Å²) in [5, 5.41) is 9.45. The zero-order valence-electron chi connectivity index (χ0n) is 9.98. The van der Waals surface area contributed by atoms with Crippen molar-refractivity contribution < 1.29 is 4.42 Å². The number of halogens is 3. The molecule has 3 rings (SSSR count). The number of hydrogen-bond acceptors (Lipinski definition) is 3. The Morgan fingerprint density at radius 3 is 2.25 bits per heavy atom. The van der Waals surface area contributed by atoms with Crippen molar-refractivity contribution in [1.29, 1.82) is 0 Å². The van der Waals surface area contributed by atoms with Crippen LogP contribution in [0.1, 0.15) is 0 Å². The first kappa shape index (κ1) is 13.4. The van der Waals surface area contributed by atoms with Crippen LogP contribution in [0.3, 0.4) is 0 Å². The molecule has 0 unspecified atom stereocenters.